The van der Waals surface area contributed by atoms with Crippen LogP contribution in [0.3, 0.4) is 0 Å². The van der Waals surface area contributed by atoms with Gasteiger partial charge in [-0.1, -0.05) is 0 Å². The lowest BCUT2D eigenvalue weighted by Crippen LogP contribution is -2.36. The van der Waals surface area contributed by atoms with Gasteiger partial charge >= 0.3 is 0 Å². The molecule has 0 aromatic carbocycles. The van der Waals surface area contributed by atoms with E-state index in [1.54, 1.807) is 23.1 Å². The number of pyridine rings is 1. The summed E-state index contributed by atoms with van der Waals surface area (Å²) in [6.45, 7) is 2.39. The van der Waals surface area contributed by atoms with Crippen molar-refractivity contribution in [2.45, 2.75) is 25.5 Å². The Labute approximate surface area is 168 Å². The van der Waals surface area contributed by atoms with Crippen molar-refractivity contribution in [2.75, 3.05) is 42.8 Å². The lowest BCUT2D eigenvalue weighted by molar-refractivity contribution is 0.102. The summed E-state index contributed by atoms with van der Waals surface area (Å²) in [7, 11) is 1.87. The van der Waals surface area contributed by atoms with E-state index in [0.29, 0.717) is 55.5 Å². The number of nitrogens with one attached hydrogen (secondary N) is 1. The first-order valence-corrected chi connectivity index (χ1v) is 9.51. The van der Waals surface area contributed by atoms with E-state index in [1.165, 1.54) is 0 Å². The van der Waals surface area contributed by atoms with Gasteiger partial charge in [-0.3, -0.25) is 9.78 Å². The topological polar surface area (TPSA) is 131 Å². The summed E-state index contributed by atoms with van der Waals surface area (Å²) in [5.74, 6) is 1.09. The lowest BCUT2D eigenvalue weighted by atomic mass is 10.0. The van der Waals surface area contributed by atoms with E-state index in [9.17, 15) is 4.79 Å². The fourth-order valence-electron chi connectivity index (χ4n) is 3.79. The van der Waals surface area contributed by atoms with Gasteiger partial charge in [-0.2, -0.15) is 10.4 Å². The maximum atomic E-state index is 13.1. The zero-order valence-corrected chi connectivity index (χ0v) is 16.2. The molecule has 4 heterocycles. The van der Waals surface area contributed by atoms with Crippen LogP contribution in [0.15, 0.2) is 18.5 Å². The molecule has 2 aromatic heterocycles. The highest BCUT2D eigenvalue weighted by Crippen LogP contribution is 2.33. The Bertz CT molecular complexity index is 946. The molecule has 4 rings (SSSR count). The number of ether oxygens (including phenoxy) is 2. The maximum absolute atomic E-state index is 13.1. The predicted molar refractivity (Wildman–Crippen MR) is 106 cm³/mol. The number of rotatable bonds is 5. The molecule has 0 saturated carbocycles. The van der Waals surface area contributed by atoms with Crippen molar-refractivity contribution in [3.05, 3.63) is 24.0 Å². The Balaban J connectivity index is 1.57. The molecule has 2 atom stereocenters. The van der Waals surface area contributed by atoms with Crippen LogP contribution in [0.4, 0.5) is 17.3 Å². The first kappa shape index (κ1) is 19.0. The van der Waals surface area contributed by atoms with Crippen LogP contribution in [-0.4, -0.2) is 53.6 Å². The van der Waals surface area contributed by atoms with E-state index in [0.717, 1.165) is 6.42 Å². The van der Waals surface area contributed by atoms with Crippen LogP contribution in [-0.2, 0) is 11.3 Å². The molecule has 0 aliphatic carbocycles. The van der Waals surface area contributed by atoms with E-state index in [2.05, 4.69) is 21.5 Å². The second-order valence-corrected chi connectivity index (χ2v) is 7.30. The minimum absolute atomic E-state index is 0.0507. The average molecular weight is 397 g/mol. The van der Waals surface area contributed by atoms with Crippen LogP contribution >= 0.6 is 0 Å². The molecule has 10 heteroatoms. The van der Waals surface area contributed by atoms with Crippen LogP contribution in [0.5, 0.6) is 5.75 Å². The van der Waals surface area contributed by atoms with Gasteiger partial charge in [0.2, 0.25) is 0 Å². The number of nitriles is 1. The maximum Gasteiger partial charge on any atom is 0.263 e. The number of hydrogen-bond donors (Lipinski definition) is 2. The number of aromatic nitrogens is 3. The number of nitrogens with zero attached hydrogens (tertiary/aromatic N) is 5. The quantitative estimate of drug-likeness (QED) is 0.771. The highest BCUT2D eigenvalue weighted by Gasteiger charge is 2.31. The van der Waals surface area contributed by atoms with Crippen molar-refractivity contribution in [3.63, 3.8) is 0 Å². The number of fused-ring (bicyclic) bond motifs is 1. The van der Waals surface area contributed by atoms with Gasteiger partial charge in [0.1, 0.15) is 28.9 Å². The number of amides is 1. The van der Waals surface area contributed by atoms with Crippen LogP contribution in [0, 0.1) is 17.2 Å². The summed E-state index contributed by atoms with van der Waals surface area (Å²) in [6, 6.07) is 3.90. The minimum Gasteiger partial charge on any atom is -0.486 e. The number of nitrogen functional groups attached to an aromatic ring is 1. The second kappa shape index (κ2) is 7.97. The summed E-state index contributed by atoms with van der Waals surface area (Å²) in [5, 5.41) is 16.2. The Morgan fingerprint density at radius 1 is 1.52 bits per heavy atom. The molecule has 1 saturated heterocycles. The van der Waals surface area contributed by atoms with E-state index in [-0.39, 0.29) is 23.7 Å². The van der Waals surface area contributed by atoms with E-state index >= 15 is 0 Å². The largest absolute Gasteiger partial charge is 0.486 e. The highest BCUT2D eigenvalue weighted by molar-refractivity contribution is 6.11. The average Bonchev–Trinajstić information content (AvgIpc) is 3.30. The van der Waals surface area contributed by atoms with Gasteiger partial charge in [0.25, 0.3) is 5.91 Å². The molecule has 29 heavy (non-hydrogen) atoms. The summed E-state index contributed by atoms with van der Waals surface area (Å²) >= 11 is 0. The number of hydrogen-bond acceptors (Lipinski definition) is 8. The summed E-state index contributed by atoms with van der Waals surface area (Å²) in [5.41, 5.74) is 6.85. The molecule has 0 bridgehead atoms. The molecule has 0 spiro atoms. The first-order valence-electron chi connectivity index (χ1n) is 9.51. The van der Waals surface area contributed by atoms with Gasteiger partial charge in [-0.25, -0.2) is 4.68 Å². The van der Waals surface area contributed by atoms with Crippen molar-refractivity contribution < 1.29 is 14.3 Å². The molecule has 3 N–H and O–H groups in total. The molecule has 0 radical (unpaired) electrons. The third-order valence-corrected chi connectivity index (χ3v) is 5.10. The Hall–Kier alpha value is -3.32. The number of nitrogens with two attached hydrogens (primary N) is 1. The van der Waals surface area contributed by atoms with Gasteiger partial charge in [0.05, 0.1) is 25.5 Å². The summed E-state index contributed by atoms with van der Waals surface area (Å²) in [6.07, 6.45) is 4.33. The molecule has 152 valence electrons. The molecule has 1 amide bonds. The first-order chi connectivity index (χ1) is 14.1. The molecule has 2 aromatic rings. The zero-order valence-electron chi connectivity index (χ0n) is 16.2. The molecular weight excluding hydrogens is 374 g/mol. The van der Waals surface area contributed by atoms with Crippen molar-refractivity contribution >= 4 is 23.2 Å². The molecule has 2 aliphatic heterocycles. The van der Waals surface area contributed by atoms with E-state index < -0.39 is 0 Å². The van der Waals surface area contributed by atoms with Gasteiger partial charge in [-0.05, 0) is 0 Å². The minimum atomic E-state index is -0.380. The number of carbonyl (C=O) groups excluding carboxylic acids is 1. The standard InChI is InChI=1S/C19H23N7O3/c1-25-9-12(2-5-20)10-26-19(25)16(17(21)24-26)18(27)23-14-8-22-6-3-15(14)29-13-4-7-28-11-13/h3,6,8,12-13H,2,4,7,9-11H2,1H3,(H2,21,24)(H,23,27)/t12?,13-/m0/s1. The molecule has 1 fully saturated rings. The second-order valence-electron chi connectivity index (χ2n) is 7.30. The normalized spacial score (nSPS) is 20.8. The number of carbonyl (C=O) groups is 1. The molecule has 1 unspecified atom stereocenters. The Kier molecular flexibility index (Phi) is 5.22. The Morgan fingerprint density at radius 3 is 3.14 bits per heavy atom. The summed E-state index contributed by atoms with van der Waals surface area (Å²) in [4.78, 5) is 19.1. The summed E-state index contributed by atoms with van der Waals surface area (Å²) < 4.78 is 13.0. The molecule has 10 nitrogen and oxygen atoms in total. The van der Waals surface area contributed by atoms with Crippen LogP contribution in [0.1, 0.15) is 23.2 Å². The van der Waals surface area contributed by atoms with Gasteiger partial charge in [-0.15, -0.1) is 0 Å². The van der Waals surface area contributed by atoms with Crippen LogP contribution < -0.4 is 20.7 Å². The Morgan fingerprint density at radius 2 is 2.38 bits per heavy atom. The van der Waals surface area contributed by atoms with Gasteiger partial charge < -0.3 is 25.4 Å². The van der Waals surface area contributed by atoms with Crippen molar-refractivity contribution in [1.82, 2.24) is 14.8 Å². The van der Waals surface area contributed by atoms with Crippen molar-refractivity contribution in [3.8, 4) is 11.8 Å². The van der Waals surface area contributed by atoms with Crippen molar-refractivity contribution in [2.24, 2.45) is 5.92 Å². The smallest absolute Gasteiger partial charge is 0.263 e. The number of anilines is 3. The van der Waals surface area contributed by atoms with Crippen LogP contribution in [0.2, 0.25) is 0 Å². The third kappa shape index (κ3) is 3.82. The van der Waals surface area contributed by atoms with E-state index in [1.807, 2.05) is 11.9 Å². The van der Waals surface area contributed by atoms with E-state index in [4.69, 9.17) is 20.5 Å². The zero-order chi connectivity index (χ0) is 20.4. The lowest BCUT2D eigenvalue weighted by Gasteiger charge is -2.31. The fourth-order valence-corrected chi connectivity index (χ4v) is 3.79. The predicted octanol–water partition coefficient (Wildman–Crippen LogP) is 1.26. The monoisotopic (exact) mass is 397 g/mol. The van der Waals surface area contributed by atoms with Gasteiger partial charge in [0.15, 0.2) is 5.82 Å². The third-order valence-electron chi connectivity index (χ3n) is 5.10. The molecule has 2 aliphatic rings. The van der Waals surface area contributed by atoms with Crippen LogP contribution in [0.25, 0.3) is 0 Å². The van der Waals surface area contributed by atoms with Crippen molar-refractivity contribution in [1.29, 1.82) is 5.26 Å². The SMILES string of the molecule is CN1CC(CC#N)Cn2nc(N)c(C(=O)Nc3cnccc3O[C@H]3CCOC3)c21. The van der Waals surface area contributed by atoms with Gasteiger partial charge in [0, 0.05) is 51.2 Å². The highest BCUT2D eigenvalue weighted by atomic mass is 16.5. The fraction of sp³-hybridized carbons (Fsp3) is 0.474. The molecular formula is C19H23N7O3.